The van der Waals surface area contributed by atoms with E-state index in [0.717, 1.165) is 10.6 Å². The lowest BCUT2D eigenvalue weighted by Gasteiger charge is -2.19. The van der Waals surface area contributed by atoms with Crippen molar-refractivity contribution in [1.29, 1.82) is 0 Å². The molecule has 1 aliphatic heterocycles. The molecule has 0 aliphatic carbocycles. The molecule has 0 aromatic carbocycles. The van der Waals surface area contributed by atoms with Crippen molar-refractivity contribution in [2.75, 3.05) is 27.0 Å². The van der Waals surface area contributed by atoms with Crippen LogP contribution in [-0.4, -0.2) is 71.0 Å². The molecule has 0 amide bonds. The number of hydrogen-bond donors (Lipinski definition) is 4. The molecule has 2 rings (SSSR count). The molecule has 11 heteroatoms. The van der Waals surface area contributed by atoms with Gasteiger partial charge in [-0.2, -0.15) is 0 Å². The first kappa shape index (κ1) is 18.3. The van der Waals surface area contributed by atoms with Crippen molar-refractivity contribution < 1.29 is 29.2 Å². The van der Waals surface area contributed by atoms with Gasteiger partial charge in [0.25, 0.3) is 5.56 Å². The van der Waals surface area contributed by atoms with Crippen molar-refractivity contribution in [2.24, 2.45) is 0 Å². The molecule has 1 saturated heterocycles. The van der Waals surface area contributed by atoms with Gasteiger partial charge in [-0.25, -0.2) is 4.79 Å². The molecule has 0 unspecified atom stereocenters. The van der Waals surface area contributed by atoms with Crippen LogP contribution < -0.4 is 16.6 Å². The molecule has 1 aromatic heterocycles. The average molecular weight is 345 g/mol. The van der Waals surface area contributed by atoms with Crippen molar-refractivity contribution in [2.45, 2.75) is 24.5 Å². The minimum absolute atomic E-state index is 0.0394. The molecule has 24 heavy (non-hydrogen) atoms. The molecule has 4 N–H and O–H groups in total. The van der Waals surface area contributed by atoms with Gasteiger partial charge in [0.15, 0.2) is 6.23 Å². The molecular formula is C13H19N3O8. The first-order valence-electron chi connectivity index (χ1n) is 7.12. The SMILES string of the molecule is CO[C@@H]1[C@H](O)[C@@H](COCNCC(=O)O)O[C@H]1n1ccc(=O)[nH]c1=O. The lowest BCUT2D eigenvalue weighted by Crippen LogP contribution is -2.39. The number of carboxylic acids is 1. The second-order valence-electron chi connectivity index (χ2n) is 5.11. The number of aromatic amines is 1. The Balaban J connectivity index is 2.00. The number of aliphatic hydroxyl groups is 1. The largest absolute Gasteiger partial charge is 0.480 e. The summed E-state index contributed by atoms with van der Waals surface area (Å²) in [5.74, 6) is -1.02. The van der Waals surface area contributed by atoms with Crippen molar-refractivity contribution >= 4 is 5.97 Å². The van der Waals surface area contributed by atoms with Crippen LogP contribution in [0.5, 0.6) is 0 Å². The van der Waals surface area contributed by atoms with Crippen LogP contribution in [0.1, 0.15) is 6.23 Å². The molecule has 0 bridgehead atoms. The summed E-state index contributed by atoms with van der Waals surface area (Å²) in [4.78, 5) is 35.4. The van der Waals surface area contributed by atoms with Crippen LogP contribution in [0.4, 0.5) is 0 Å². The summed E-state index contributed by atoms with van der Waals surface area (Å²) >= 11 is 0. The molecular weight excluding hydrogens is 326 g/mol. The van der Waals surface area contributed by atoms with E-state index < -0.39 is 41.8 Å². The number of aromatic nitrogens is 2. The Morgan fingerprint density at radius 1 is 1.50 bits per heavy atom. The monoisotopic (exact) mass is 345 g/mol. The van der Waals surface area contributed by atoms with Crippen LogP contribution in [0.3, 0.4) is 0 Å². The van der Waals surface area contributed by atoms with Crippen molar-refractivity contribution in [1.82, 2.24) is 14.9 Å². The third-order valence-corrected chi connectivity index (χ3v) is 3.47. The fourth-order valence-electron chi connectivity index (χ4n) is 2.37. The number of ether oxygens (including phenoxy) is 3. The Hall–Kier alpha value is -2.05. The van der Waals surface area contributed by atoms with Gasteiger partial charge in [-0.15, -0.1) is 0 Å². The molecule has 1 aliphatic rings. The third-order valence-electron chi connectivity index (χ3n) is 3.47. The molecule has 134 valence electrons. The van der Waals surface area contributed by atoms with Crippen molar-refractivity contribution in [3.63, 3.8) is 0 Å². The van der Waals surface area contributed by atoms with Gasteiger partial charge in [-0.1, -0.05) is 0 Å². The number of rotatable bonds is 8. The zero-order valence-corrected chi connectivity index (χ0v) is 12.9. The Labute approximate surface area is 135 Å². The third kappa shape index (κ3) is 4.27. The average Bonchev–Trinajstić information content (AvgIpc) is 2.82. The zero-order chi connectivity index (χ0) is 17.7. The maximum Gasteiger partial charge on any atom is 0.330 e. The van der Waals surface area contributed by atoms with Crippen LogP contribution in [0.2, 0.25) is 0 Å². The van der Waals surface area contributed by atoms with E-state index in [-0.39, 0.29) is 19.9 Å². The lowest BCUT2D eigenvalue weighted by atomic mass is 10.1. The summed E-state index contributed by atoms with van der Waals surface area (Å²) in [6.07, 6.45) is -2.38. The number of methoxy groups -OCH3 is 1. The molecule has 0 radical (unpaired) electrons. The van der Waals surface area contributed by atoms with Gasteiger partial charge >= 0.3 is 11.7 Å². The second kappa shape index (κ2) is 8.17. The molecule has 2 heterocycles. The molecule has 1 fully saturated rings. The van der Waals surface area contributed by atoms with E-state index in [2.05, 4.69) is 10.3 Å². The van der Waals surface area contributed by atoms with Crippen LogP contribution in [0.15, 0.2) is 21.9 Å². The number of aliphatic carboxylic acids is 1. The number of aliphatic hydroxyl groups excluding tert-OH is 1. The number of nitrogens with zero attached hydrogens (tertiary/aromatic N) is 1. The van der Waals surface area contributed by atoms with Gasteiger partial charge in [0, 0.05) is 19.4 Å². The Kier molecular flexibility index (Phi) is 6.23. The predicted octanol–water partition coefficient (Wildman–Crippen LogP) is -2.54. The fourth-order valence-corrected chi connectivity index (χ4v) is 2.37. The van der Waals surface area contributed by atoms with E-state index in [4.69, 9.17) is 19.3 Å². The van der Waals surface area contributed by atoms with E-state index >= 15 is 0 Å². The van der Waals surface area contributed by atoms with E-state index in [1.807, 2.05) is 0 Å². The van der Waals surface area contributed by atoms with Crippen LogP contribution in [0.25, 0.3) is 0 Å². The van der Waals surface area contributed by atoms with Crippen LogP contribution in [0, 0.1) is 0 Å². The number of hydrogen-bond acceptors (Lipinski definition) is 8. The minimum Gasteiger partial charge on any atom is -0.480 e. The highest BCUT2D eigenvalue weighted by Gasteiger charge is 2.45. The van der Waals surface area contributed by atoms with Gasteiger partial charge in [0.2, 0.25) is 0 Å². The van der Waals surface area contributed by atoms with Gasteiger partial charge in [0.1, 0.15) is 18.3 Å². The van der Waals surface area contributed by atoms with Crippen molar-refractivity contribution in [3.8, 4) is 0 Å². The lowest BCUT2D eigenvalue weighted by molar-refractivity contribution is -0.136. The summed E-state index contributed by atoms with van der Waals surface area (Å²) < 4.78 is 17.1. The Morgan fingerprint density at radius 3 is 2.88 bits per heavy atom. The second-order valence-corrected chi connectivity index (χ2v) is 5.11. The van der Waals surface area contributed by atoms with Gasteiger partial charge in [-0.3, -0.25) is 24.5 Å². The number of carboxylic acid groups (broad SMARTS) is 1. The number of nitrogens with one attached hydrogen (secondary N) is 2. The van der Waals surface area contributed by atoms with Gasteiger partial charge < -0.3 is 24.4 Å². The summed E-state index contributed by atoms with van der Waals surface area (Å²) in [5, 5.41) is 21.2. The highest BCUT2D eigenvalue weighted by molar-refractivity contribution is 5.68. The smallest absolute Gasteiger partial charge is 0.330 e. The first-order chi connectivity index (χ1) is 11.4. The Bertz CT molecular complexity index is 672. The topological polar surface area (TPSA) is 152 Å². The maximum absolute atomic E-state index is 11.9. The van der Waals surface area contributed by atoms with E-state index in [1.165, 1.54) is 13.3 Å². The van der Waals surface area contributed by atoms with Gasteiger partial charge in [0.05, 0.1) is 19.9 Å². The molecule has 0 spiro atoms. The predicted molar refractivity (Wildman–Crippen MR) is 78.5 cm³/mol. The zero-order valence-electron chi connectivity index (χ0n) is 12.9. The maximum atomic E-state index is 11.9. The quantitative estimate of drug-likeness (QED) is 0.295. The molecule has 4 atom stereocenters. The summed E-state index contributed by atoms with van der Waals surface area (Å²) in [6.45, 7) is -0.341. The fraction of sp³-hybridized carbons (Fsp3) is 0.615. The van der Waals surface area contributed by atoms with Crippen LogP contribution >= 0.6 is 0 Å². The molecule has 1 aromatic rings. The highest BCUT2D eigenvalue weighted by atomic mass is 16.6. The standard InChI is InChI=1S/C13H19N3O8/c1-22-11-10(20)7(5-23-6-14-4-9(18)19)24-12(11)16-3-2-8(17)15-13(16)21/h2-3,7,10-12,14,20H,4-6H2,1H3,(H,18,19)(H,15,17,21)/t7-,10-,11-,12-/m1/s1. The first-order valence-corrected chi connectivity index (χ1v) is 7.12. The van der Waals surface area contributed by atoms with Crippen LogP contribution in [-0.2, 0) is 19.0 Å². The highest BCUT2D eigenvalue weighted by Crippen LogP contribution is 2.30. The van der Waals surface area contributed by atoms with Crippen molar-refractivity contribution in [3.05, 3.63) is 33.1 Å². The number of carbonyl (C=O) groups is 1. The van der Waals surface area contributed by atoms with E-state index in [9.17, 15) is 19.5 Å². The minimum atomic E-state index is -1.07. The summed E-state index contributed by atoms with van der Waals surface area (Å²) in [5.41, 5.74) is -1.24. The molecule has 0 saturated carbocycles. The normalized spacial score (nSPS) is 26.6. The number of H-pyrrole nitrogens is 1. The van der Waals surface area contributed by atoms with E-state index in [0.29, 0.717) is 0 Å². The summed E-state index contributed by atoms with van der Waals surface area (Å²) in [6, 6.07) is 1.16. The van der Waals surface area contributed by atoms with E-state index in [1.54, 1.807) is 0 Å². The van der Waals surface area contributed by atoms with Gasteiger partial charge in [-0.05, 0) is 0 Å². The summed E-state index contributed by atoms with van der Waals surface area (Å²) in [7, 11) is 1.36. The Morgan fingerprint density at radius 2 is 2.25 bits per heavy atom. The molecule has 11 nitrogen and oxygen atoms in total.